The zero-order valence-corrected chi connectivity index (χ0v) is 45.5. The summed E-state index contributed by atoms with van der Waals surface area (Å²) in [4.78, 5) is 114. The SMILES string of the molecule is C[C@@H](O)[C@@H]1NC(=O)[C@H](CCCCN)NC(=O)[C@@H]([C@@H](C)c2ccc3ccccc3c2)NC(=O)[C@H](Cc2ccccc2)NC(=O)[C@H](Cc2ccccc2)NC(=O)[C@H](N)CSSC[C@@H](C(=O)O)NC(=O)[C@H](Cc2ccc(O)cc2)NC1=O. The van der Waals surface area contributed by atoms with E-state index in [9.17, 15) is 44.1 Å². The lowest BCUT2D eigenvalue weighted by Crippen LogP contribution is -2.62. The van der Waals surface area contributed by atoms with Crippen molar-refractivity contribution in [2.24, 2.45) is 11.5 Å². The van der Waals surface area contributed by atoms with Gasteiger partial charge in [0.1, 0.15) is 48.0 Å². The van der Waals surface area contributed by atoms with Gasteiger partial charge in [-0.1, -0.05) is 144 Å². The van der Waals surface area contributed by atoms with E-state index in [0.717, 1.165) is 32.4 Å². The van der Waals surface area contributed by atoms with Crippen molar-refractivity contribution in [3.05, 3.63) is 150 Å². The highest BCUT2D eigenvalue weighted by Crippen LogP contribution is 2.26. The van der Waals surface area contributed by atoms with Crippen LogP contribution in [0.2, 0.25) is 0 Å². The summed E-state index contributed by atoms with van der Waals surface area (Å²) >= 11 is 0. The Morgan fingerprint density at radius 2 is 1.01 bits per heavy atom. The Hall–Kier alpha value is -7.50. The number of carbonyl (C=O) groups excluding carboxylic acids is 7. The van der Waals surface area contributed by atoms with E-state index in [-0.39, 0.29) is 49.5 Å². The number of carboxylic acid groups (broad SMARTS) is 1. The molecule has 1 heterocycles. The molecule has 420 valence electrons. The molecule has 0 bridgehead atoms. The van der Waals surface area contributed by atoms with E-state index in [2.05, 4.69) is 37.2 Å². The lowest BCUT2D eigenvalue weighted by atomic mass is 9.90. The number of nitrogens with one attached hydrogen (secondary N) is 7. The number of aliphatic hydroxyl groups excluding tert-OH is 1. The summed E-state index contributed by atoms with van der Waals surface area (Å²) in [5.41, 5.74) is 14.6. The molecule has 1 aliphatic rings. The van der Waals surface area contributed by atoms with Crippen molar-refractivity contribution >= 4 is 79.7 Å². The summed E-state index contributed by atoms with van der Waals surface area (Å²) in [6.07, 6.45) is -1.18. The second-order valence-electron chi connectivity index (χ2n) is 19.5. The fraction of sp³-hybridized carbons (Fsp3) is 0.368. The molecule has 1 fully saturated rings. The van der Waals surface area contributed by atoms with Crippen molar-refractivity contribution in [2.75, 3.05) is 18.1 Å². The molecule has 79 heavy (non-hydrogen) atoms. The smallest absolute Gasteiger partial charge is 0.327 e. The first-order chi connectivity index (χ1) is 37.9. The van der Waals surface area contributed by atoms with Gasteiger partial charge in [-0.25, -0.2) is 4.79 Å². The van der Waals surface area contributed by atoms with Gasteiger partial charge in [-0.15, -0.1) is 0 Å². The normalized spacial score (nSPS) is 23.6. The van der Waals surface area contributed by atoms with Gasteiger partial charge >= 0.3 is 5.97 Å². The maximum absolute atomic E-state index is 15.1. The van der Waals surface area contributed by atoms with E-state index in [4.69, 9.17) is 11.5 Å². The number of phenols is 1. The third-order valence-electron chi connectivity index (χ3n) is 13.4. The molecule has 5 aromatic carbocycles. The Balaban J connectivity index is 1.42. The molecule has 10 atom stereocenters. The zero-order chi connectivity index (χ0) is 57.0. The summed E-state index contributed by atoms with van der Waals surface area (Å²) in [7, 11) is 2.03. The monoisotopic (exact) mass is 1120 g/mol. The van der Waals surface area contributed by atoms with E-state index in [1.54, 1.807) is 67.6 Å². The van der Waals surface area contributed by atoms with E-state index in [1.807, 2.05) is 42.5 Å². The number of unbranched alkanes of at least 4 members (excludes halogenated alkanes) is 1. The van der Waals surface area contributed by atoms with Gasteiger partial charge in [-0.05, 0) is 77.9 Å². The topological polar surface area (TPSA) is 333 Å². The van der Waals surface area contributed by atoms with Crippen molar-refractivity contribution in [3.63, 3.8) is 0 Å². The molecule has 0 aliphatic carbocycles. The summed E-state index contributed by atoms with van der Waals surface area (Å²) in [5.74, 6) is -8.57. The number of hydrogen-bond acceptors (Lipinski definition) is 14. The van der Waals surface area contributed by atoms with Crippen LogP contribution in [0.5, 0.6) is 5.75 Å². The fourth-order valence-corrected chi connectivity index (χ4v) is 11.1. The Kier molecular flexibility index (Phi) is 23.1. The number of fused-ring (bicyclic) bond motifs is 1. The first-order valence-corrected chi connectivity index (χ1v) is 28.5. The minimum atomic E-state index is -1.74. The molecule has 5 aromatic rings. The third kappa shape index (κ3) is 18.3. The van der Waals surface area contributed by atoms with Crippen LogP contribution in [0, 0.1) is 0 Å². The predicted molar refractivity (Wildman–Crippen MR) is 303 cm³/mol. The van der Waals surface area contributed by atoms with Crippen LogP contribution in [0.15, 0.2) is 127 Å². The first kappa shape index (κ1) is 60.7. The second-order valence-corrected chi connectivity index (χ2v) is 22.0. The van der Waals surface area contributed by atoms with E-state index >= 15 is 9.59 Å². The molecular weight excluding hydrogens is 1050 g/mol. The Morgan fingerprint density at radius 1 is 0.544 bits per heavy atom. The number of benzene rings is 5. The van der Waals surface area contributed by atoms with Crippen LogP contribution in [0.25, 0.3) is 10.8 Å². The molecular formula is C57H69N9O11S2. The minimum Gasteiger partial charge on any atom is -0.508 e. The number of hydrogen-bond donors (Lipinski definition) is 12. The maximum Gasteiger partial charge on any atom is 0.327 e. The molecule has 1 aliphatic heterocycles. The average molecular weight is 1120 g/mol. The Labute approximate surface area is 466 Å². The molecule has 0 spiro atoms. The average Bonchev–Trinajstić information content (AvgIpc) is 3.46. The van der Waals surface area contributed by atoms with Gasteiger partial charge in [-0.2, -0.15) is 0 Å². The van der Waals surface area contributed by atoms with Gasteiger partial charge in [0, 0.05) is 36.7 Å². The highest BCUT2D eigenvalue weighted by atomic mass is 33.1. The molecule has 7 amide bonds. The van der Waals surface area contributed by atoms with Crippen LogP contribution < -0.4 is 48.7 Å². The van der Waals surface area contributed by atoms with Gasteiger partial charge in [-0.3, -0.25) is 33.6 Å². The molecule has 0 radical (unpaired) electrons. The van der Waals surface area contributed by atoms with Gasteiger partial charge in [0.25, 0.3) is 0 Å². The molecule has 14 N–H and O–H groups in total. The lowest BCUT2D eigenvalue weighted by molar-refractivity contribution is -0.141. The zero-order valence-electron chi connectivity index (χ0n) is 43.8. The summed E-state index contributed by atoms with van der Waals surface area (Å²) in [6.45, 7) is 3.20. The second kappa shape index (κ2) is 30.0. The molecule has 1 saturated heterocycles. The molecule has 0 unspecified atom stereocenters. The van der Waals surface area contributed by atoms with Crippen LogP contribution in [0.3, 0.4) is 0 Å². The van der Waals surface area contributed by atoms with Gasteiger partial charge < -0.3 is 64.0 Å². The van der Waals surface area contributed by atoms with Gasteiger partial charge in [0.15, 0.2) is 0 Å². The van der Waals surface area contributed by atoms with Crippen LogP contribution in [-0.4, -0.2) is 135 Å². The largest absolute Gasteiger partial charge is 0.508 e. The highest BCUT2D eigenvalue weighted by molar-refractivity contribution is 8.76. The van der Waals surface area contributed by atoms with Crippen molar-refractivity contribution < 1.29 is 53.7 Å². The molecule has 0 saturated carbocycles. The fourth-order valence-electron chi connectivity index (χ4n) is 8.81. The van der Waals surface area contributed by atoms with E-state index < -0.39 is 108 Å². The van der Waals surface area contributed by atoms with Gasteiger partial charge in [0.05, 0.1) is 12.1 Å². The van der Waals surface area contributed by atoms with E-state index in [0.29, 0.717) is 35.1 Å². The number of nitrogens with two attached hydrogens (primary N) is 2. The summed E-state index contributed by atoms with van der Waals surface area (Å²) < 4.78 is 0. The molecule has 6 rings (SSSR count). The van der Waals surface area contributed by atoms with Crippen molar-refractivity contribution in [1.82, 2.24) is 37.2 Å². The standard InChI is InChI=1S/C57H69N9O11S2/c1-33(39-23-22-38-17-9-10-18-40(38)30-39)48-55(74)60-43(19-11-12-26-58)51(70)66-49(34(2)67)56(75)63-45(29-37-20-24-41(68)25-21-37)53(72)64-47(57(76)77)32-79-78-31-42(59)50(69)61-44(27-35-13-5-3-6-14-35)52(71)62-46(54(73)65-48)28-36-15-7-4-8-16-36/h3-10,13-18,20-25,30,33-34,42-49,67-68H,11-12,19,26-29,31-32,58-59H2,1-2H3,(H,60,74)(H,61,69)(H,62,71)(H,63,75)(H,64,72)(H,65,73)(H,66,70)(H,76,77)/t33-,34+,42+,43-,44-,45-,46-,47-,48+,49-/m0/s1. The van der Waals surface area contributed by atoms with Crippen molar-refractivity contribution in [3.8, 4) is 5.75 Å². The van der Waals surface area contributed by atoms with Crippen molar-refractivity contribution in [2.45, 2.75) is 113 Å². The molecule has 20 nitrogen and oxygen atoms in total. The number of rotatable bonds is 14. The number of amides is 7. The van der Waals surface area contributed by atoms with Crippen molar-refractivity contribution in [1.29, 1.82) is 0 Å². The number of aliphatic hydroxyl groups is 1. The minimum absolute atomic E-state index is 0.0163. The van der Waals surface area contributed by atoms with Gasteiger partial charge in [0.2, 0.25) is 41.4 Å². The van der Waals surface area contributed by atoms with Crippen LogP contribution >= 0.6 is 21.6 Å². The number of aliphatic carboxylic acids is 1. The summed E-state index contributed by atoms with van der Waals surface area (Å²) in [6, 6.07) is 25.1. The van der Waals surface area contributed by atoms with Crippen LogP contribution in [0.1, 0.15) is 61.3 Å². The summed E-state index contributed by atoms with van der Waals surface area (Å²) in [5, 5.41) is 51.9. The first-order valence-electron chi connectivity index (χ1n) is 26.0. The quantitative estimate of drug-likeness (QED) is 0.0560. The lowest BCUT2D eigenvalue weighted by Gasteiger charge is -2.31. The Bertz CT molecular complexity index is 2890. The highest BCUT2D eigenvalue weighted by Gasteiger charge is 2.38. The molecule has 22 heteroatoms. The van der Waals surface area contributed by atoms with E-state index in [1.165, 1.54) is 31.2 Å². The Morgan fingerprint density at radius 3 is 1.59 bits per heavy atom. The number of phenolic OH excluding ortho intramolecular Hbond substituents is 1. The van der Waals surface area contributed by atoms with Crippen LogP contribution in [-0.2, 0) is 57.6 Å². The third-order valence-corrected chi connectivity index (χ3v) is 15.8. The molecule has 0 aromatic heterocycles. The number of carboxylic acids is 1. The van der Waals surface area contributed by atoms with Crippen LogP contribution in [0.4, 0.5) is 0 Å². The predicted octanol–water partition coefficient (Wildman–Crippen LogP) is 2.09. The number of carbonyl (C=O) groups is 8. The number of aromatic hydroxyl groups is 1. The maximum atomic E-state index is 15.1.